The van der Waals surface area contributed by atoms with Crippen LogP contribution in [0.5, 0.6) is 11.5 Å². The van der Waals surface area contributed by atoms with Crippen molar-refractivity contribution in [2.45, 2.75) is 30.1 Å². The fourth-order valence-corrected chi connectivity index (χ4v) is 5.12. The average Bonchev–Trinajstić information content (AvgIpc) is 3.41. The molecule has 5 heteroatoms. The van der Waals surface area contributed by atoms with Crippen molar-refractivity contribution >= 4 is 9.84 Å². The zero-order valence-electron chi connectivity index (χ0n) is 13.1. The number of ether oxygens (including phenoxy) is 1. The minimum atomic E-state index is -3.26. The standard InChI is InChI=1S/C19H17NO3S/c20-12-14-3-1-2-4-18(14)23-15-7-8-17-16(13-5-6-13)9-10-24(21,22)19(17)11-15/h1-4,7-8,11,13,16H,5-6,9-10H2. The number of hydrogen-bond donors (Lipinski definition) is 0. The van der Waals surface area contributed by atoms with Crippen LogP contribution in [0.1, 0.15) is 36.3 Å². The lowest BCUT2D eigenvalue weighted by Crippen LogP contribution is -2.21. The number of benzene rings is 2. The molecule has 24 heavy (non-hydrogen) atoms. The van der Waals surface area contributed by atoms with Crippen molar-refractivity contribution < 1.29 is 13.2 Å². The van der Waals surface area contributed by atoms with Gasteiger partial charge in [-0.1, -0.05) is 18.2 Å². The Kier molecular flexibility index (Phi) is 3.58. The predicted molar refractivity (Wildman–Crippen MR) is 89.8 cm³/mol. The molecule has 0 amide bonds. The van der Waals surface area contributed by atoms with Gasteiger partial charge in [0.1, 0.15) is 17.6 Å². The van der Waals surface area contributed by atoms with Crippen LogP contribution in [0.3, 0.4) is 0 Å². The highest BCUT2D eigenvalue weighted by molar-refractivity contribution is 7.91. The molecule has 1 unspecified atom stereocenters. The van der Waals surface area contributed by atoms with E-state index in [0.717, 1.165) is 12.0 Å². The van der Waals surface area contributed by atoms with Crippen molar-refractivity contribution in [2.24, 2.45) is 5.92 Å². The molecule has 1 aliphatic heterocycles. The van der Waals surface area contributed by atoms with Gasteiger partial charge in [0, 0.05) is 0 Å². The zero-order chi connectivity index (χ0) is 16.7. The molecule has 2 aliphatic rings. The molecule has 1 atom stereocenters. The van der Waals surface area contributed by atoms with Crippen LogP contribution in [0.15, 0.2) is 47.4 Å². The van der Waals surface area contributed by atoms with E-state index in [1.54, 1.807) is 30.3 Å². The van der Waals surface area contributed by atoms with E-state index in [-0.39, 0.29) is 5.75 Å². The molecule has 1 saturated carbocycles. The molecule has 2 aromatic carbocycles. The highest BCUT2D eigenvalue weighted by Gasteiger charge is 2.39. The van der Waals surface area contributed by atoms with Gasteiger partial charge in [-0.05, 0) is 60.9 Å². The van der Waals surface area contributed by atoms with Crippen LogP contribution in [0.4, 0.5) is 0 Å². The van der Waals surface area contributed by atoms with Crippen LogP contribution in [0.2, 0.25) is 0 Å². The fourth-order valence-electron chi connectivity index (χ4n) is 3.46. The van der Waals surface area contributed by atoms with Gasteiger partial charge in [0.2, 0.25) is 0 Å². The quantitative estimate of drug-likeness (QED) is 0.847. The molecule has 0 radical (unpaired) electrons. The first-order valence-corrected chi connectivity index (χ1v) is 9.77. The van der Waals surface area contributed by atoms with Gasteiger partial charge in [-0.25, -0.2) is 8.42 Å². The van der Waals surface area contributed by atoms with E-state index in [1.807, 2.05) is 12.1 Å². The van der Waals surface area contributed by atoms with E-state index < -0.39 is 9.84 Å². The van der Waals surface area contributed by atoms with Crippen molar-refractivity contribution in [3.05, 3.63) is 53.6 Å². The first-order valence-electron chi connectivity index (χ1n) is 8.12. The normalized spacial score (nSPS) is 21.5. The highest BCUT2D eigenvalue weighted by Crippen LogP contribution is 2.49. The maximum Gasteiger partial charge on any atom is 0.178 e. The lowest BCUT2D eigenvalue weighted by Gasteiger charge is -2.25. The molecule has 0 N–H and O–H groups in total. The van der Waals surface area contributed by atoms with Crippen molar-refractivity contribution in [3.63, 3.8) is 0 Å². The number of fused-ring (bicyclic) bond motifs is 1. The lowest BCUT2D eigenvalue weighted by atomic mass is 9.91. The Morgan fingerprint density at radius 2 is 1.88 bits per heavy atom. The molecular weight excluding hydrogens is 322 g/mol. The van der Waals surface area contributed by atoms with Crippen molar-refractivity contribution in [1.29, 1.82) is 5.26 Å². The van der Waals surface area contributed by atoms with Crippen molar-refractivity contribution in [3.8, 4) is 17.6 Å². The second-order valence-electron chi connectivity index (χ2n) is 6.46. The van der Waals surface area contributed by atoms with Crippen LogP contribution < -0.4 is 4.74 Å². The number of hydrogen-bond acceptors (Lipinski definition) is 4. The summed E-state index contributed by atoms with van der Waals surface area (Å²) >= 11 is 0. The smallest absolute Gasteiger partial charge is 0.178 e. The highest BCUT2D eigenvalue weighted by atomic mass is 32.2. The maximum absolute atomic E-state index is 12.5. The molecule has 0 spiro atoms. The summed E-state index contributed by atoms with van der Waals surface area (Å²) in [5, 5.41) is 9.15. The van der Waals surface area contributed by atoms with Crippen molar-refractivity contribution in [2.75, 3.05) is 5.75 Å². The summed E-state index contributed by atoms with van der Waals surface area (Å²) in [6, 6.07) is 14.3. The first-order chi connectivity index (χ1) is 11.6. The first kappa shape index (κ1) is 15.2. The van der Waals surface area contributed by atoms with Gasteiger partial charge in [-0.3, -0.25) is 0 Å². The second-order valence-corrected chi connectivity index (χ2v) is 8.54. The number of rotatable bonds is 3. The monoisotopic (exact) mass is 339 g/mol. The Labute approximate surface area is 141 Å². The summed E-state index contributed by atoms with van der Waals surface area (Å²) in [4.78, 5) is 0.401. The van der Waals surface area contributed by atoms with E-state index in [4.69, 9.17) is 10.00 Å². The molecular formula is C19H17NO3S. The van der Waals surface area contributed by atoms with Crippen LogP contribution in [0.25, 0.3) is 0 Å². The maximum atomic E-state index is 12.5. The van der Waals surface area contributed by atoms with Gasteiger partial charge in [0.15, 0.2) is 9.84 Å². The third-order valence-corrected chi connectivity index (χ3v) is 6.64. The lowest BCUT2D eigenvalue weighted by molar-refractivity contribution is 0.475. The Hall–Kier alpha value is -2.32. The summed E-state index contributed by atoms with van der Waals surface area (Å²) in [7, 11) is -3.26. The third kappa shape index (κ3) is 2.67. The molecule has 122 valence electrons. The van der Waals surface area contributed by atoms with E-state index in [0.29, 0.717) is 33.8 Å². The van der Waals surface area contributed by atoms with E-state index >= 15 is 0 Å². The Bertz CT molecular complexity index is 939. The molecule has 0 aromatic heterocycles. The molecule has 4 nitrogen and oxygen atoms in total. The molecule has 0 bridgehead atoms. The van der Waals surface area contributed by atoms with Gasteiger partial charge in [0.05, 0.1) is 16.2 Å². The largest absolute Gasteiger partial charge is 0.456 e. The zero-order valence-corrected chi connectivity index (χ0v) is 13.9. The Morgan fingerprint density at radius 3 is 2.62 bits per heavy atom. The molecule has 0 saturated heterocycles. The summed E-state index contributed by atoms with van der Waals surface area (Å²) in [5.41, 5.74) is 1.36. The van der Waals surface area contributed by atoms with Gasteiger partial charge >= 0.3 is 0 Å². The molecule has 1 aliphatic carbocycles. The number of sulfone groups is 1. The minimum Gasteiger partial charge on any atom is -0.456 e. The minimum absolute atomic E-state index is 0.208. The average molecular weight is 339 g/mol. The van der Waals surface area contributed by atoms with Crippen LogP contribution in [-0.4, -0.2) is 14.2 Å². The molecule has 4 rings (SSSR count). The third-order valence-electron chi connectivity index (χ3n) is 4.84. The molecule has 1 fully saturated rings. The summed E-state index contributed by atoms with van der Waals surface area (Å²) < 4.78 is 30.7. The Balaban J connectivity index is 1.73. The number of nitrogens with zero attached hydrogens (tertiary/aromatic N) is 1. The van der Waals surface area contributed by atoms with E-state index in [2.05, 4.69) is 6.07 Å². The van der Waals surface area contributed by atoms with E-state index in [9.17, 15) is 8.42 Å². The van der Waals surface area contributed by atoms with Crippen LogP contribution in [0, 0.1) is 17.2 Å². The van der Waals surface area contributed by atoms with E-state index in [1.165, 1.54) is 12.8 Å². The molecule has 1 heterocycles. The van der Waals surface area contributed by atoms with Crippen LogP contribution in [-0.2, 0) is 9.84 Å². The van der Waals surface area contributed by atoms with Gasteiger partial charge in [-0.15, -0.1) is 0 Å². The topological polar surface area (TPSA) is 67.2 Å². The van der Waals surface area contributed by atoms with Gasteiger partial charge in [-0.2, -0.15) is 5.26 Å². The number of nitriles is 1. The summed E-state index contributed by atoms with van der Waals surface area (Å²) in [5.74, 6) is 2.08. The summed E-state index contributed by atoms with van der Waals surface area (Å²) in [6.45, 7) is 0. The predicted octanol–water partition coefficient (Wildman–Crippen LogP) is 4.02. The van der Waals surface area contributed by atoms with Gasteiger partial charge in [0.25, 0.3) is 0 Å². The SMILES string of the molecule is N#Cc1ccccc1Oc1ccc2c(c1)S(=O)(=O)CCC2C1CC1. The van der Waals surface area contributed by atoms with Gasteiger partial charge < -0.3 is 4.74 Å². The summed E-state index contributed by atoms with van der Waals surface area (Å²) in [6.07, 6.45) is 3.10. The van der Waals surface area contributed by atoms with Crippen molar-refractivity contribution in [1.82, 2.24) is 0 Å². The molecule has 2 aromatic rings. The number of para-hydroxylation sites is 1. The van der Waals surface area contributed by atoms with Crippen LogP contribution >= 0.6 is 0 Å². The second kappa shape index (κ2) is 5.64. The Morgan fingerprint density at radius 1 is 1.08 bits per heavy atom. The fraction of sp³-hybridized carbons (Fsp3) is 0.316.